The third kappa shape index (κ3) is 3.40. The van der Waals surface area contributed by atoms with E-state index in [1.807, 2.05) is 0 Å². The minimum Gasteiger partial charge on any atom is -0.469 e. The standard InChI is InChI=1S/C9H16N2O5S/c1-7-9(13)10-4-5-11(7)17(14,15)6-3-8(12)16-2/h7H,3-6H2,1-2H3,(H,10,13). The van der Waals surface area contributed by atoms with Gasteiger partial charge in [0, 0.05) is 13.1 Å². The van der Waals surface area contributed by atoms with Gasteiger partial charge in [-0.05, 0) is 6.92 Å². The zero-order valence-corrected chi connectivity index (χ0v) is 10.6. The number of piperazine rings is 1. The predicted octanol–water partition coefficient (Wildman–Crippen LogP) is -1.30. The monoisotopic (exact) mass is 264 g/mol. The van der Waals surface area contributed by atoms with Gasteiger partial charge >= 0.3 is 5.97 Å². The lowest BCUT2D eigenvalue weighted by atomic mass is 10.2. The van der Waals surface area contributed by atoms with E-state index >= 15 is 0 Å². The highest BCUT2D eigenvalue weighted by Gasteiger charge is 2.34. The van der Waals surface area contributed by atoms with Crippen molar-refractivity contribution >= 4 is 21.9 Å². The van der Waals surface area contributed by atoms with Crippen LogP contribution >= 0.6 is 0 Å². The van der Waals surface area contributed by atoms with Crippen LogP contribution in [0.1, 0.15) is 13.3 Å². The van der Waals surface area contributed by atoms with Crippen molar-refractivity contribution in [3.05, 3.63) is 0 Å². The van der Waals surface area contributed by atoms with Gasteiger partial charge in [-0.1, -0.05) is 0 Å². The van der Waals surface area contributed by atoms with Crippen LogP contribution in [-0.2, 0) is 24.3 Å². The van der Waals surface area contributed by atoms with Crippen molar-refractivity contribution in [2.45, 2.75) is 19.4 Å². The maximum atomic E-state index is 11.9. The molecule has 0 aliphatic carbocycles. The second-order valence-electron chi connectivity index (χ2n) is 3.72. The van der Waals surface area contributed by atoms with Crippen molar-refractivity contribution in [3.63, 3.8) is 0 Å². The van der Waals surface area contributed by atoms with Crippen LogP contribution in [0.4, 0.5) is 0 Å². The molecule has 1 saturated heterocycles. The predicted molar refractivity (Wildman–Crippen MR) is 59.6 cm³/mol. The fourth-order valence-electron chi connectivity index (χ4n) is 1.57. The molecule has 1 N–H and O–H groups in total. The first-order chi connectivity index (χ1) is 7.88. The molecule has 1 unspecified atom stereocenters. The van der Waals surface area contributed by atoms with Crippen molar-refractivity contribution in [1.29, 1.82) is 0 Å². The molecule has 0 aromatic carbocycles. The van der Waals surface area contributed by atoms with Gasteiger partial charge in [-0.3, -0.25) is 9.59 Å². The van der Waals surface area contributed by atoms with Crippen molar-refractivity contribution in [2.75, 3.05) is 26.0 Å². The van der Waals surface area contributed by atoms with Gasteiger partial charge in [0.2, 0.25) is 15.9 Å². The second kappa shape index (κ2) is 5.46. The van der Waals surface area contributed by atoms with Crippen LogP contribution in [0.3, 0.4) is 0 Å². The summed E-state index contributed by atoms with van der Waals surface area (Å²) in [5.41, 5.74) is 0. The Bertz CT molecular complexity index is 406. The molecule has 0 aromatic rings. The van der Waals surface area contributed by atoms with Gasteiger partial charge in [0.15, 0.2) is 0 Å². The summed E-state index contributed by atoms with van der Waals surface area (Å²) in [6.07, 6.45) is -0.205. The third-order valence-electron chi connectivity index (χ3n) is 2.59. The fourth-order valence-corrected chi connectivity index (χ4v) is 3.18. The number of nitrogens with one attached hydrogen (secondary N) is 1. The summed E-state index contributed by atoms with van der Waals surface area (Å²) < 4.78 is 29.3. The molecule has 98 valence electrons. The molecule has 0 spiro atoms. The maximum absolute atomic E-state index is 11.9. The molecule has 1 fully saturated rings. The summed E-state index contributed by atoms with van der Waals surface area (Å²) in [5, 5.41) is 2.57. The Labute approximate surface area is 100 Å². The van der Waals surface area contributed by atoms with E-state index in [0.717, 1.165) is 4.31 Å². The molecule has 1 aliphatic rings. The zero-order valence-electron chi connectivity index (χ0n) is 9.80. The average Bonchev–Trinajstić information content (AvgIpc) is 2.29. The molecule has 1 heterocycles. The lowest BCUT2D eigenvalue weighted by molar-refractivity contribution is -0.140. The topological polar surface area (TPSA) is 92.8 Å². The number of esters is 1. The van der Waals surface area contributed by atoms with Gasteiger partial charge in [0.25, 0.3) is 0 Å². The maximum Gasteiger partial charge on any atom is 0.306 e. The van der Waals surface area contributed by atoms with Crippen LogP contribution in [-0.4, -0.2) is 56.6 Å². The molecule has 1 aliphatic heterocycles. The van der Waals surface area contributed by atoms with Gasteiger partial charge in [0.05, 0.1) is 19.3 Å². The smallest absolute Gasteiger partial charge is 0.306 e. The Morgan fingerprint density at radius 2 is 2.24 bits per heavy atom. The number of amides is 1. The van der Waals surface area contributed by atoms with E-state index in [1.54, 1.807) is 0 Å². The zero-order chi connectivity index (χ0) is 13.1. The van der Waals surface area contributed by atoms with Gasteiger partial charge in [-0.15, -0.1) is 0 Å². The first-order valence-electron chi connectivity index (χ1n) is 5.22. The van der Waals surface area contributed by atoms with E-state index in [0.29, 0.717) is 6.54 Å². The number of methoxy groups -OCH3 is 1. The van der Waals surface area contributed by atoms with E-state index in [4.69, 9.17) is 0 Å². The van der Waals surface area contributed by atoms with E-state index in [9.17, 15) is 18.0 Å². The lowest BCUT2D eigenvalue weighted by Gasteiger charge is -2.31. The minimum absolute atomic E-state index is 0.205. The van der Waals surface area contributed by atoms with Gasteiger partial charge in [-0.25, -0.2) is 8.42 Å². The van der Waals surface area contributed by atoms with E-state index < -0.39 is 22.0 Å². The SMILES string of the molecule is COC(=O)CCS(=O)(=O)N1CCNC(=O)C1C. The number of carbonyl (C=O) groups excluding carboxylic acids is 2. The molecule has 1 amide bonds. The largest absolute Gasteiger partial charge is 0.469 e. The normalized spacial score (nSPS) is 22.0. The van der Waals surface area contributed by atoms with Crippen molar-refractivity contribution in [1.82, 2.24) is 9.62 Å². The lowest BCUT2D eigenvalue weighted by Crippen LogP contribution is -2.56. The first kappa shape index (κ1) is 13.9. The van der Waals surface area contributed by atoms with Crippen molar-refractivity contribution in [3.8, 4) is 0 Å². The molecule has 1 atom stereocenters. The first-order valence-corrected chi connectivity index (χ1v) is 6.83. The Morgan fingerprint density at radius 3 is 2.82 bits per heavy atom. The molecule has 8 heteroatoms. The van der Waals surface area contributed by atoms with Crippen LogP contribution in [0.15, 0.2) is 0 Å². The molecule has 17 heavy (non-hydrogen) atoms. The van der Waals surface area contributed by atoms with Crippen molar-refractivity contribution in [2.24, 2.45) is 0 Å². The number of hydrogen-bond acceptors (Lipinski definition) is 5. The fraction of sp³-hybridized carbons (Fsp3) is 0.778. The van der Waals surface area contributed by atoms with Crippen molar-refractivity contribution < 1.29 is 22.7 Å². The quantitative estimate of drug-likeness (QED) is 0.637. The highest BCUT2D eigenvalue weighted by molar-refractivity contribution is 7.89. The Hall–Kier alpha value is -1.15. The number of ether oxygens (including phenoxy) is 1. The summed E-state index contributed by atoms with van der Waals surface area (Å²) in [6.45, 7) is 2.04. The van der Waals surface area contributed by atoms with Gasteiger partial charge in [-0.2, -0.15) is 4.31 Å². The molecule has 7 nitrogen and oxygen atoms in total. The summed E-state index contributed by atoms with van der Waals surface area (Å²) in [5.74, 6) is -1.24. The Kier molecular flexibility index (Phi) is 4.47. The highest BCUT2D eigenvalue weighted by Crippen LogP contribution is 2.12. The van der Waals surface area contributed by atoms with Crippen LogP contribution in [0.5, 0.6) is 0 Å². The summed E-state index contributed by atoms with van der Waals surface area (Å²) in [6, 6.07) is -0.730. The van der Waals surface area contributed by atoms with Gasteiger partial charge < -0.3 is 10.1 Å². The van der Waals surface area contributed by atoms with E-state index in [1.165, 1.54) is 14.0 Å². The molecular weight excluding hydrogens is 248 g/mol. The summed E-state index contributed by atoms with van der Waals surface area (Å²) >= 11 is 0. The van der Waals surface area contributed by atoms with E-state index in [-0.39, 0.29) is 24.6 Å². The molecular formula is C9H16N2O5S. The number of hydrogen-bond donors (Lipinski definition) is 1. The summed E-state index contributed by atoms with van der Waals surface area (Å²) in [4.78, 5) is 22.2. The van der Waals surface area contributed by atoms with E-state index in [2.05, 4.69) is 10.1 Å². The highest BCUT2D eigenvalue weighted by atomic mass is 32.2. The van der Waals surface area contributed by atoms with Gasteiger partial charge in [0.1, 0.15) is 6.04 Å². The number of sulfonamides is 1. The second-order valence-corrected chi connectivity index (χ2v) is 5.76. The molecule has 0 saturated carbocycles. The van der Waals surface area contributed by atoms with Crippen LogP contribution < -0.4 is 5.32 Å². The minimum atomic E-state index is -3.60. The summed E-state index contributed by atoms with van der Waals surface area (Å²) in [7, 11) is -2.40. The van der Waals surface area contributed by atoms with Crippen LogP contribution in [0, 0.1) is 0 Å². The number of nitrogens with zero attached hydrogens (tertiary/aromatic N) is 1. The molecule has 1 rings (SSSR count). The molecule has 0 radical (unpaired) electrons. The Balaban J connectivity index is 2.69. The van der Waals surface area contributed by atoms with Crippen LogP contribution in [0.2, 0.25) is 0 Å². The average molecular weight is 264 g/mol. The Morgan fingerprint density at radius 1 is 1.59 bits per heavy atom. The molecule has 0 bridgehead atoms. The molecule has 0 aromatic heterocycles. The number of carbonyl (C=O) groups is 2. The van der Waals surface area contributed by atoms with Crippen LogP contribution in [0.25, 0.3) is 0 Å². The third-order valence-corrected chi connectivity index (χ3v) is 4.53. The number of rotatable bonds is 4.